The summed E-state index contributed by atoms with van der Waals surface area (Å²) in [6.45, 7) is 40.4. The van der Waals surface area contributed by atoms with Crippen molar-refractivity contribution in [1.29, 1.82) is 0 Å². The molecule has 0 spiro atoms. The van der Waals surface area contributed by atoms with Gasteiger partial charge in [-0.2, -0.15) is 0 Å². The summed E-state index contributed by atoms with van der Waals surface area (Å²) >= 11 is 0. The number of allylic oxidation sites excluding steroid dienone is 4. The first kappa shape index (κ1) is 34.1. The van der Waals surface area contributed by atoms with Gasteiger partial charge in [0.25, 0.3) is 0 Å². The Hall–Kier alpha value is -0.520. The van der Waals surface area contributed by atoms with Crippen LogP contribution in [0.15, 0.2) is 24.3 Å². The van der Waals surface area contributed by atoms with Crippen LogP contribution in [0.3, 0.4) is 0 Å². The molecule has 0 fully saturated rings. The van der Waals surface area contributed by atoms with Gasteiger partial charge in [0.15, 0.2) is 0 Å². The smallest absolute Gasteiger partial charge is 0.0203 e. The molecule has 0 nitrogen and oxygen atoms in total. The molecule has 0 aliphatic heterocycles. The predicted octanol–water partition coefficient (Wildman–Crippen LogP) is 11.1. The molecule has 0 aliphatic carbocycles. The fraction of sp³-hybridized carbons (Fsp3) is 0.867. The zero-order chi connectivity index (χ0) is 25.2. The molecule has 182 valence electrons. The van der Waals surface area contributed by atoms with E-state index in [9.17, 15) is 0 Å². The molecule has 0 saturated heterocycles. The SMILES string of the molecule is CC(C)(C)/C=C/C(C)(C)C.CC(C)(C)/C=C\C(C)(C)C.CC(C)(C)CCC(C)(C)C. The molecule has 0 aromatic carbocycles. The second-order valence-corrected chi connectivity index (χ2v) is 15.8. The third kappa shape index (κ3) is 45.9. The highest BCUT2D eigenvalue weighted by Crippen LogP contribution is 2.29. The molecule has 0 unspecified atom stereocenters. The van der Waals surface area contributed by atoms with E-state index in [0.29, 0.717) is 32.5 Å². The van der Waals surface area contributed by atoms with Crippen molar-refractivity contribution in [3.8, 4) is 0 Å². The molecule has 30 heavy (non-hydrogen) atoms. The molecule has 0 atom stereocenters. The van der Waals surface area contributed by atoms with Gasteiger partial charge in [0.1, 0.15) is 0 Å². The van der Waals surface area contributed by atoms with E-state index in [1.54, 1.807) is 0 Å². The molecule has 0 N–H and O–H groups in total. The average Bonchev–Trinajstić information content (AvgIpc) is 2.38. The van der Waals surface area contributed by atoms with Gasteiger partial charge in [0, 0.05) is 0 Å². The quantitative estimate of drug-likeness (QED) is 0.368. The zero-order valence-electron chi connectivity index (χ0n) is 24.7. The normalized spacial score (nSPS) is 14.3. The first-order valence-electron chi connectivity index (χ1n) is 12.0. The fourth-order valence-electron chi connectivity index (χ4n) is 1.75. The maximum absolute atomic E-state index is 2.30. The van der Waals surface area contributed by atoms with Crippen LogP contribution < -0.4 is 0 Å². The van der Waals surface area contributed by atoms with Crippen LogP contribution in [0.1, 0.15) is 137 Å². The predicted molar refractivity (Wildman–Crippen MR) is 144 cm³/mol. The van der Waals surface area contributed by atoms with Gasteiger partial charge in [0.05, 0.1) is 0 Å². The first-order chi connectivity index (χ1) is 12.6. The molecule has 0 heterocycles. The van der Waals surface area contributed by atoms with Crippen molar-refractivity contribution in [3.63, 3.8) is 0 Å². The van der Waals surface area contributed by atoms with Crippen LogP contribution in [0.2, 0.25) is 0 Å². The number of hydrogen-bond donors (Lipinski definition) is 0. The van der Waals surface area contributed by atoms with E-state index in [2.05, 4.69) is 149 Å². The summed E-state index contributed by atoms with van der Waals surface area (Å²) in [4.78, 5) is 0. The van der Waals surface area contributed by atoms with E-state index >= 15 is 0 Å². The maximum Gasteiger partial charge on any atom is -0.0203 e. The summed E-state index contributed by atoms with van der Waals surface area (Å²) in [7, 11) is 0. The Kier molecular flexibility index (Phi) is 14.2. The second kappa shape index (κ2) is 12.5. The average molecular weight is 423 g/mol. The van der Waals surface area contributed by atoms with Crippen molar-refractivity contribution in [1.82, 2.24) is 0 Å². The van der Waals surface area contributed by atoms with Crippen LogP contribution in [0.5, 0.6) is 0 Å². The summed E-state index contributed by atoms with van der Waals surface area (Å²) in [5, 5.41) is 0. The second-order valence-electron chi connectivity index (χ2n) is 15.8. The molecule has 0 bridgehead atoms. The molecule has 0 rings (SSSR count). The molecule has 0 heteroatoms. The Morgan fingerprint density at radius 1 is 0.300 bits per heavy atom. The minimum Gasteiger partial charge on any atom is -0.0826 e. The summed E-state index contributed by atoms with van der Waals surface area (Å²) < 4.78 is 0. The fourth-order valence-corrected chi connectivity index (χ4v) is 1.75. The summed E-state index contributed by atoms with van der Waals surface area (Å²) in [5.41, 5.74) is 2.32. The van der Waals surface area contributed by atoms with Crippen LogP contribution in [-0.4, -0.2) is 0 Å². The standard InChI is InChI=1S/C10H22.2C10H20/c3*1-9(2,3)7-8-10(4,5)6/h7-8H2,1-6H3;2*7-8H,1-6H3/b;8-7+;8-7-. The summed E-state index contributed by atoms with van der Waals surface area (Å²) in [6.07, 6.45) is 11.7. The van der Waals surface area contributed by atoms with Gasteiger partial charge in [-0.3, -0.25) is 0 Å². The third-order valence-corrected chi connectivity index (χ3v) is 3.79. The Balaban J connectivity index is -0.000000364. The molecule has 0 aliphatic rings. The van der Waals surface area contributed by atoms with Gasteiger partial charge in [-0.05, 0) is 45.3 Å². The Bertz CT molecular complexity index is 391. The third-order valence-electron chi connectivity index (χ3n) is 3.79. The summed E-state index contributed by atoms with van der Waals surface area (Å²) in [5.74, 6) is 0. The van der Waals surface area contributed by atoms with E-state index < -0.39 is 0 Å². The Morgan fingerprint density at radius 2 is 0.433 bits per heavy atom. The highest BCUT2D eigenvalue weighted by molar-refractivity contribution is 4.99. The molecule has 0 amide bonds. The van der Waals surface area contributed by atoms with Crippen molar-refractivity contribution >= 4 is 0 Å². The van der Waals surface area contributed by atoms with Crippen molar-refractivity contribution in [3.05, 3.63) is 24.3 Å². The van der Waals surface area contributed by atoms with Crippen molar-refractivity contribution in [2.75, 3.05) is 0 Å². The lowest BCUT2D eigenvalue weighted by Gasteiger charge is -2.24. The highest BCUT2D eigenvalue weighted by Gasteiger charge is 2.16. The van der Waals surface area contributed by atoms with Gasteiger partial charge in [0.2, 0.25) is 0 Å². The lowest BCUT2D eigenvalue weighted by atomic mass is 9.81. The zero-order valence-corrected chi connectivity index (χ0v) is 24.7. The van der Waals surface area contributed by atoms with E-state index in [1.807, 2.05) is 0 Å². The van der Waals surface area contributed by atoms with Gasteiger partial charge in [-0.15, -0.1) is 0 Å². The Morgan fingerprint density at radius 3 is 0.500 bits per heavy atom. The van der Waals surface area contributed by atoms with Crippen molar-refractivity contribution in [2.24, 2.45) is 32.5 Å². The van der Waals surface area contributed by atoms with Gasteiger partial charge < -0.3 is 0 Å². The van der Waals surface area contributed by atoms with Crippen LogP contribution in [0, 0.1) is 32.5 Å². The van der Waals surface area contributed by atoms with Crippen molar-refractivity contribution < 1.29 is 0 Å². The molecule has 0 aromatic heterocycles. The lowest BCUT2D eigenvalue weighted by Crippen LogP contribution is -2.12. The monoisotopic (exact) mass is 422 g/mol. The van der Waals surface area contributed by atoms with Gasteiger partial charge in [-0.1, -0.05) is 149 Å². The first-order valence-corrected chi connectivity index (χ1v) is 12.0. The van der Waals surface area contributed by atoms with Crippen LogP contribution in [0.25, 0.3) is 0 Å². The van der Waals surface area contributed by atoms with E-state index in [-0.39, 0.29) is 0 Å². The van der Waals surface area contributed by atoms with Gasteiger partial charge in [-0.25, -0.2) is 0 Å². The van der Waals surface area contributed by atoms with E-state index in [1.165, 1.54) is 12.8 Å². The Labute approximate surface area is 194 Å². The minimum absolute atomic E-state index is 0.327. The molecular formula is C30H62. The van der Waals surface area contributed by atoms with Crippen LogP contribution in [-0.2, 0) is 0 Å². The molecule has 0 aromatic rings. The van der Waals surface area contributed by atoms with E-state index in [4.69, 9.17) is 0 Å². The summed E-state index contributed by atoms with van der Waals surface area (Å²) in [6, 6.07) is 0. The maximum atomic E-state index is 2.30. The minimum atomic E-state index is 0.327. The largest absolute Gasteiger partial charge is 0.0826 e. The molecule has 0 saturated carbocycles. The van der Waals surface area contributed by atoms with Crippen molar-refractivity contribution in [2.45, 2.75) is 137 Å². The molecule has 0 radical (unpaired) electrons. The lowest BCUT2D eigenvalue weighted by molar-refractivity contribution is 0.275. The van der Waals surface area contributed by atoms with Gasteiger partial charge >= 0.3 is 0 Å². The highest BCUT2D eigenvalue weighted by atomic mass is 14.2. The number of rotatable bonds is 1. The van der Waals surface area contributed by atoms with Crippen LogP contribution >= 0.6 is 0 Å². The van der Waals surface area contributed by atoms with Crippen LogP contribution in [0.4, 0.5) is 0 Å². The molecular weight excluding hydrogens is 360 g/mol. The number of hydrogen-bond acceptors (Lipinski definition) is 0. The topological polar surface area (TPSA) is 0 Å². The van der Waals surface area contributed by atoms with E-state index in [0.717, 1.165) is 0 Å².